The van der Waals surface area contributed by atoms with Gasteiger partial charge in [-0.1, -0.05) is 35.3 Å². The van der Waals surface area contributed by atoms with Gasteiger partial charge in [0.15, 0.2) is 0 Å². The molecule has 13 heteroatoms. The largest absolute Gasteiger partial charge is 0.399 e. The van der Waals surface area contributed by atoms with Crippen molar-refractivity contribution in [3.63, 3.8) is 0 Å². The first kappa shape index (κ1) is 27.2. The van der Waals surface area contributed by atoms with Crippen LogP contribution in [0, 0.1) is 6.42 Å². The lowest BCUT2D eigenvalue weighted by molar-refractivity contribution is -0.182. The highest BCUT2D eigenvalue weighted by molar-refractivity contribution is 7.89. The minimum absolute atomic E-state index is 0.0135. The third kappa shape index (κ3) is 4.54. The van der Waals surface area contributed by atoms with Gasteiger partial charge in [-0.25, -0.2) is 8.42 Å². The molecular weight excluding hydrogens is 541 g/mol. The van der Waals surface area contributed by atoms with E-state index in [0.717, 1.165) is 9.21 Å². The number of carbonyl (C=O) groups is 3. The summed E-state index contributed by atoms with van der Waals surface area (Å²) < 4.78 is 28.7. The van der Waals surface area contributed by atoms with Crippen molar-refractivity contribution in [2.45, 2.75) is 42.9 Å². The Morgan fingerprint density at radius 1 is 1.16 bits per heavy atom. The summed E-state index contributed by atoms with van der Waals surface area (Å²) in [6.07, 6.45) is 2.46. The van der Waals surface area contributed by atoms with Crippen LogP contribution in [0.15, 0.2) is 47.4 Å². The summed E-state index contributed by atoms with van der Waals surface area (Å²) in [6, 6.07) is 8.77. The molecule has 2 radical (unpaired) electrons. The van der Waals surface area contributed by atoms with E-state index in [1.165, 1.54) is 23.1 Å². The van der Waals surface area contributed by atoms with Crippen molar-refractivity contribution < 1.29 is 22.8 Å². The molecule has 196 valence electrons. The first-order valence-corrected chi connectivity index (χ1v) is 13.5. The van der Waals surface area contributed by atoms with Gasteiger partial charge in [0.25, 0.3) is 5.91 Å². The fourth-order valence-electron chi connectivity index (χ4n) is 4.71. The third-order valence-corrected chi connectivity index (χ3v) is 9.15. The quantitative estimate of drug-likeness (QED) is 0.507. The minimum Gasteiger partial charge on any atom is -0.399 e. The number of amides is 3. The van der Waals surface area contributed by atoms with Crippen molar-refractivity contribution in [1.82, 2.24) is 14.1 Å². The molecule has 2 saturated heterocycles. The third-order valence-electron chi connectivity index (χ3n) is 6.56. The van der Waals surface area contributed by atoms with Crippen molar-refractivity contribution in [2.75, 3.05) is 18.8 Å². The summed E-state index contributed by atoms with van der Waals surface area (Å²) in [5.41, 5.74) is 10.6. The molecule has 2 aromatic rings. The van der Waals surface area contributed by atoms with Crippen LogP contribution < -0.4 is 11.5 Å². The normalized spacial score (nSPS) is 22.9. The van der Waals surface area contributed by atoms with Gasteiger partial charge < -0.3 is 21.3 Å². The standard InChI is InChI=1S/C24H25Cl2N5O5S/c1-14(2)29-13-24(23(28)34)30(37(35,36)20-8-5-16(25)12-18(20)26)10-9-21(32)31(24)19(22(29)33)11-15-3-6-17(27)7-4-15/h3-8,12,14,19H,10-11,13,27H2,1-2H3,(H2,28,34). The topological polar surface area (TPSA) is 147 Å². The second kappa shape index (κ2) is 9.79. The average molecular weight is 566 g/mol. The highest BCUT2D eigenvalue weighted by atomic mass is 35.5. The Morgan fingerprint density at radius 3 is 2.38 bits per heavy atom. The molecule has 0 aromatic heterocycles. The SMILES string of the molecule is CC(C)N1CC2(C(N)=O)N(C(=O)[C]CN2S(=O)(=O)c2ccc(Cl)cc2Cl)C(Cc2ccc(N)cc2)C1=O. The first-order chi connectivity index (χ1) is 17.3. The van der Waals surface area contributed by atoms with Crippen LogP contribution in [0.2, 0.25) is 10.0 Å². The van der Waals surface area contributed by atoms with Gasteiger partial charge >= 0.3 is 0 Å². The highest BCUT2D eigenvalue weighted by Gasteiger charge is 2.64. The number of benzene rings is 2. The number of nitrogen functional groups attached to an aromatic ring is 1. The molecule has 4 N–H and O–H groups in total. The predicted molar refractivity (Wildman–Crippen MR) is 138 cm³/mol. The highest BCUT2D eigenvalue weighted by Crippen LogP contribution is 2.40. The number of nitrogens with zero attached hydrogens (tertiary/aromatic N) is 3. The van der Waals surface area contributed by atoms with Crippen LogP contribution in [0.1, 0.15) is 19.4 Å². The molecule has 2 heterocycles. The number of rotatable bonds is 6. The maximum Gasteiger partial charge on any atom is 0.261 e. The molecular formula is C24H25Cl2N5O5S. The van der Waals surface area contributed by atoms with Gasteiger partial charge in [0.05, 0.1) is 18.0 Å². The molecule has 2 unspecified atom stereocenters. The molecule has 0 spiro atoms. The van der Waals surface area contributed by atoms with E-state index in [9.17, 15) is 22.8 Å². The summed E-state index contributed by atoms with van der Waals surface area (Å²) in [6.45, 7) is 2.41. The molecule has 10 nitrogen and oxygen atoms in total. The second-order valence-electron chi connectivity index (χ2n) is 9.14. The van der Waals surface area contributed by atoms with E-state index in [-0.39, 0.29) is 21.4 Å². The number of nitrogens with two attached hydrogens (primary N) is 2. The summed E-state index contributed by atoms with van der Waals surface area (Å²) >= 11 is 12.2. The van der Waals surface area contributed by atoms with E-state index in [1.54, 1.807) is 38.1 Å². The Bertz CT molecular complexity index is 1370. The smallest absolute Gasteiger partial charge is 0.261 e. The van der Waals surface area contributed by atoms with Gasteiger partial charge in [-0.15, -0.1) is 0 Å². The summed E-state index contributed by atoms with van der Waals surface area (Å²) in [4.78, 5) is 42.2. The molecule has 4 rings (SSSR count). The molecule has 0 bridgehead atoms. The van der Waals surface area contributed by atoms with Gasteiger partial charge in [0, 0.05) is 29.7 Å². The minimum atomic E-state index is -4.54. The average Bonchev–Trinajstić information content (AvgIpc) is 2.81. The van der Waals surface area contributed by atoms with E-state index in [1.807, 2.05) is 0 Å². The number of piperazine rings is 1. The van der Waals surface area contributed by atoms with Crippen molar-refractivity contribution in [2.24, 2.45) is 5.73 Å². The van der Waals surface area contributed by atoms with E-state index >= 15 is 0 Å². The lowest BCUT2D eigenvalue weighted by Crippen LogP contribution is -2.83. The number of anilines is 1. The zero-order valence-electron chi connectivity index (χ0n) is 20.0. The summed E-state index contributed by atoms with van der Waals surface area (Å²) in [5.74, 6) is -2.37. The Hall–Kier alpha value is -2.86. The number of primary amides is 1. The molecule has 0 saturated carbocycles. The Labute approximate surface area is 225 Å². The Morgan fingerprint density at radius 2 is 1.81 bits per heavy atom. The fraction of sp³-hybridized carbons (Fsp3) is 0.333. The van der Waals surface area contributed by atoms with Crippen molar-refractivity contribution in [3.05, 3.63) is 64.5 Å². The van der Waals surface area contributed by atoms with Gasteiger partial charge in [0.1, 0.15) is 10.9 Å². The summed E-state index contributed by atoms with van der Waals surface area (Å²) in [7, 11) is -4.54. The Kier molecular flexibility index (Phi) is 7.19. The van der Waals surface area contributed by atoms with Gasteiger partial charge in [-0.3, -0.25) is 14.4 Å². The molecule has 2 atom stereocenters. The van der Waals surface area contributed by atoms with Crippen LogP contribution in [0.3, 0.4) is 0 Å². The van der Waals surface area contributed by atoms with Gasteiger partial charge in [-0.2, -0.15) is 4.31 Å². The zero-order chi connectivity index (χ0) is 27.3. The van der Waals surface area contributed by atoms with Crippen LogP contribution in [-0.4, -0.2) is 71.1 Å². The van der Waals surface area contributed by atoms with E-state index in [4.69, 9.17) is 34.7 Å². The van der Waals surface area contributed by atoms with Crippen molar-refractivity contribution in [1.29, 1.82) is 0 Å². The molecule has 0 aliphatic carbocycles. The van der Waals surface area contributed by atoms with Crippen molar-refractivity contribution >= 4 is 56.6 Å². The molecule has 37 heavy (non-hydrogen) atoms. The maximum absolute atomic E-state index is 13.9. The lowest BCUT2D eigenvalue weighted by Gasteiger charge is -2.58. The van der Waals surface area contributed by atoms with Crippen LogP contribution in [0.5, 0.6) is 0 Å². The van der Waals surface area contributed by atoms with Gasteiger partial charge in [-0.05, 0) is 49.7 Å². The lowest BCUT2D eigenvalue weighted by atomic mass is 9.90. The number of hydrogen-bond donors (Lipinski definition) is 2. The number of carbonyl (C=O) groups excluding carboxylic acids is 3. The molecule has 2 aromatic carbocycles. The second-order valence-corrected chi connectivity index (χ2v) is 11.8. The molecule has 2 aliphatic rings. The number of hydrogen-bond acceptors (Lipinski definition) is 6. The number of fused-ring (bicyclic) bond motifs is 1. The molecule has 2 aliphatic heterocycles. The first-order valence-electron chi connectivity index (χ1n) is 11.3. The monoisotopic (exact) mass is 565 g/mol. The number of halogens is 2. The zero-order valence-corrected chi connectivity index (χ0v) is 22.3. The van der Waals surface area contributed by atoms with E-state index in [2.05, 4.69) is 6.42 Å². The van der Waals surface area contributed by atoms with Gasteiger partial charge in [0.2, 0.25) is 27.5 Å². The number of sulfonamides is 1. The van der Waals surface area contributed by atoms with E-state index < -0.39 is 58.6 Å². The molecule has 3 amide bonds. The van der Waals surface area contributed by atoms with Crippen LogP contribution >= 0.6 is 23.2 Å². The predicted octanol–water partition coefficient (Wildman–Crippen LogP) is 1.53. The Balaban J connectivity index is 1.92. The fourth-order valence-corrected chi connectivity index (χ4v) is 7.07. The maximum atomic E-state index is 13.9. The van der Waals surface area contributed by atoms with Crippen LogP contribution in [0.4, 0.5) is 5.69 Å². The van der Waals surface area contributed by atoms with Crippen LogP contribution in [0.25, 0.3) is 0 Å². The van der Waals surface area contributed by atoms with Crippen molar-refractivity contribution in [3.8, 4) is 0 Å². The summed E-state index contributed by atoms with van der Waals surface area (Å²) in [5, 5.41) is 0.0292. The molecule has 2 fully saturated rings. The van der Waals surface area contributed by atoms with Crippen LogP contribution in [-0.2, 0) is 30.8 Å². The van der Waals surface area contributed by atoms with E-state index in [0.29, 0.717) is 11.3 Å².